The molecule has 0 aromatic carbocycles. The van der Waals surface area contributed by atoms with E-state index in [1.165, 1.54) is 45.1 Å². The van der Waals surface area contributed by atoms with Crippen molar-refractivity contribution in [2.45, 2.75) is 58.4 Å². The first-order valence-electron chi connectivity index (χ1n) is 5.94. The molecule has 0 bridgehead atoms. The van der Waals surface area contributed by atoms with Gasteiger partial charge in [-0.25, -0.2) is 0 Å². The van der Waals surface area contributed by atoms with Crippen LogP contribution in [0.15, 0.2) is 0 Å². The van der Waals surface area contributed by atoms with E-state index in [-0.39, 0.29) is 0 Å². The van der Waals surface area contributed by atoms with Crippen LogP contribution in [-0.4, -0.2) is 24.5 Å². The molecule has 0 spiro atoms. The van der Waals surface area contributed by atoms with Gasteiger partial charge in [0.15, 0.2) is 0 Å². The third kappa shape index (κ3) is 3.68. The molecule has 0 aliphatic carbocycles. The minimum atomic E-state index is 0.902. The predicted octanol–water partition coefficient (Wildman–Crippen LogP) is 3.30. The average Bonchev–Trinajstić information content (AvgIpc) is 2.48. The molecule has 2 atom stereocenters. The summed E-state index contributed by atoms with van der Waals surface area (Å²) in [6, 6.07) is 0.902. The molecule has 1 unspecified atom stereocenters. The highest BCUT2D eigenvalue weighted by Gasteiger charge is 2.20. The lowest BCUT2D eigenvalue weighted by molar-refractivity contribution is 0.276. The van der Waals surface area contributed by atoms with Crippen molar-refractivity contribution >= 4 is 0 Å². The van der Waals surface area contributed by atoms with Crippen molar-refractivity contribution in [3.05, 3.63) is 0 Å². The third-order valence-corrected chi connectivity index (χ3v) is 3.45. The molecule has 0 amide bonds. The number of hydrogen-bond donors (Lipinski definition) is 0. The van der Waals surface area contributed by atoms with Gasteiger partial charge in [-0.3, -0.25) is 0 Å². The fourth-order valence-corrected chi connectivity index (χ4v) is 2.46. The molecule has 0 aromatic heterocycles. The van der Waals surface area contributed by atoms with Gasteiger partial charge in [0, 0.05) is 6.04 Å². The van der Waals surface area contributed by atoms with Crippen molar-refractivity contribution in [1.29, 1.82) is 0 Å². The van der Waals surface area contributed by atoms with Gasteiger partial charge in [-0.05, 0) is 45.2 Å². The zero-order valence-corrected chi connectivity index (χ0v) is 9.55. The third-order valence-electron chi connectivity index (χ3n) is 3.45. The predicted molar refractivity (Wildman–Crippen MR) is 59.0 cm³/mol. The van der Waals surface area contributed by atoms with Gasteiger partial charge >= 0.3 is 0 Å². The smallest absolute Gasteiger partial charge is 0.00927 e. The van der Waals surface area contributed by atoms with Crippen LogP contribution >= 0.6 is 0 Å². The molecule has 0 aromatic rings. The minimum absolute atomic E-state index is 0.902. The van der Waals surface area contributed by atoms with Crippen molar-refractivity contribution in [3.63, 3.8) is 0 Å². The maximum atomic E-state index is 2.54. The molecule has 1 heteroatoms. The Morgan fingerprint density at radius 2 is 2.15 bits per heavy atom. The summed E-state index contributed by atoms with van der Waals surface area (Å²) < 4.78 is 0. The highest BCUT2D eigenvalue weighted by atomic mass is 15.1. The fraction of sp³-hybridized carbons (Fsp3) is 1.00. The number of likely N-dealkylation sites (tertiary alicyclic amines) is 1. The maximum Gasteiger partial charge on any atom is 0.00927 e. The molecule has 0 N–H and O–H groups in total. The Balaban J connectivity index is 2.10. The molecule has 1 fully saturated rings. The summed E-state index contributed by atoms with van der Waals surface area (Å²) in [5.74, 6) is 0.944. The number of hydrogen-bond acceptors (Lipinski definition) is 1. The van der Waals surface area contributed by atoms with E-state index >= 15 is 0 Å². The summed E-state index contributed by atoms with van der Waals surface area (Å²) in [6.07, 6.45) is 8.48. The van der Waals surface area contributed by atoms with Crippen LogP contribution in [0.2, 0.25) is 0 Å². The summed E-state index contributed by atoms with van der Waals surface area (Å²) >= 11 is 0. The summed E-state index contributed by atoms with van der Waals surface area (Å²) in [6.45, 7) is 6.02. The molecule has 13 heavy (non-hydrogen) atoms. The van der Waals surface area contributed by atoms with Crippen molar-refractivity contribution in [2.75, 3.05) is 13.6 Å². The van der Waals surface area contributed by atoms with E-state index < -0.39 is 0 Å². The SMILES string of the molecule is CCCC(C)CC[C@H]1CCCN1C. The van der Waals surface area contributed by atoms with E-state index in [1.54, 1.807) is 0 Å². The Bertz CT molecular complexity index is 133. The van der Waals surface area contributed by atoms with Gasteiger partial charge in [-0.1, -0.05) is 26.7 Å². The highest BCUT2D eigenvalue weighted by molar-refractivity contribution is 4.76. The molecule has 78 valence electrons. The Labute approximate surface area is 83.5 Å². The first-order chi connectivity index (χ1) is 6.24. The molecule has 1 saturated heterocycles. The molecule has 1 rings (SSSR count). The van der Waals surface area contributed by atoms with E-state index in [2.05, 4.69) is 25.8 Å². The second-order valence-electron chi connectivity index (χ2n) is 4.75. The molecule has 0 saturated carbocycles. The average molecular weight is 183 g/mol. The van der Waals surface area contributed by atoms with Gasteiger partial charge < -0.3 is 4.90 Å². The molecule has 1 aliphatic rings. The van der Waals surface area contributed by atoms with Crippen molar-refractivity contribution in [2.24, 2.45) is 5.92 Å². The zero-order valence-electron chi connectivity index (χ0n) is 9.55. The zero-order chi connectivity index (χ0) is 9.68. The van der Waals surface area contributed by atoms with Crippen LogP contribution in [-0.2, 0) is 0 Å². The van der Waals surface area contributed by atoms with Gasteiger partial charge in [-0.15, -0.1) is 0 Å². The lowest BCUT2D eigenvalue weighted by Crippen LogP contribution is -2.25. The standard InChI is InChI=1S/C12H25N/c1-4-6-11(2)8-9-12-7-5-10-13(12)3/h11-12H,4-10H2,1-3H3/t11?,12-/m1/s1. The summed E-state index contributed by atoms with van der Waals surface area (Å²) in [7, 11) is 2.28. The Morgan fingerprint density at radius 1 is 1.38 bits per heavy atom. The Morgan fingerprint density at radius 3 is 2.69 bits per heavy atom. The summed E-state index contributed by atoms with van der Waals surface area (Å²) in [4.78, 5) is 2.54. The highest BCUT2D eigenvalue weighted by Crippen LogP contribution is 2.22. The van der Waals surface area contributed by atoms with Gasteiger partial charge in [-0.2, -0.15) is 0 Å². The van der Waals surface area contributed by atoms with Crippen LogP contribution in [0.1, 0.15) is 52.4 Å². The van der Waals surface area contributed by atoms with Gasteiger partial charge in [0.2, 0.25) is 0 Å². The maximum absolute atomic E-state index is 2.54. The molecule has 0 radical (unpaired) electrons. The van der Waals surface area contributed by atoms with Crippen LogP contribution in [0.5, 0.6) is 0 Å². The van der Waals surface area contributed by atoms with Crippen molar-refractivity contribution in [1.82, 2.24) is 4.90 Å². The quantitative estimate of drug-likeness (QED) is 0.632. The van der Waals surface area contributed by atoms with E-state index in [9.17, 15) is 0 Å². The summed E-state index contributed by atoms with van der Waals surface area (Å²) in [5, 5.41) is 0. The lowest BCUT2D eigenvalue weighted by atomic mass is 9.97. The largest absolute Gasteiger partial charge is 0.303 e. The van der Waals surface area contributed by atoms with E-state index in [4.69, 9.17) is 0 Å². The topological polar surface area (TPSA) is 3.24 Å². The normalized spacial score (nSPS) is 26.5. The minimum Gasteiger partial charge on any atom is -0.303 e. The van der Waals surface area contributed by atoms with Crippen LogP contribution in [0.25, 0.3) is 0 Å². The van der Waals surface area contributed by atoms with Crippen molar-refractivity contribution < 1.29 is 0 Å². The van der Waals surface area contributed by atoms with Crippen molar-refractivity contribution in [3.8, 4) is 0 Å². The number of rotatable bonds is 5. The molecule has 1 nitrogen and oxygen atoms in total. The van der Waals surface area contributed by atoms with Gasteiger partial charge in [0.05, 0.1) is 0 Å². The second-order valence-corrected chi connectivity index (χ2v) is 4.75. The number of nitrogens with zero attached hydrogens (tertiary/aromatic N) is 1. The second kappa shape index (κ2) is 5.64. The Hall–Kier alpha value is -0.0400. The van der Waals surface area contributed by atoms with E-state index in [0.29, 0.717) is 0 Å². The van der Waals surface area contributed by atoms with Crippen LogP contribution in [0, 0.1) is 5.92 Å². The molecular weight excluding hydrogens is 158 g/mol. The van der Waals surface area contributed by atoms with Crippen LogP contribution < -0.4 is 0 Å². The van der Waals surface area contributed by atoms with Gasteiger partial charge in [0.1, 0.15) is 0 Å². The monoisotopic (exact) mass is 183 g/mol. The van der Waals surface area contributed by atoms with E-state index in [0.717, 1.165) is 12.0 Å². The lowest BCUT2D eigenvalue weighted by Gasteiger charge is -2.20. The van der Waals surface area contributed by atoms with Crippen LogP contribution in [0.4, 0.5) is 0 Å². The van der Waals surface area contributed by atoms with Crippen LogP contribution in [0.3, 0.4) is 0 Å². The first-order valence-corrected chi connectivity index (χ1v) is 5.94. The fourth-order valence-electron chi connectivity index (χ4n) is 2.46. The first kappa shape index (κ1) is 11.0. The molecular formula is C12H25N. The molecule has 1 heterocycles. The molecule has 1 aliphatic heterocycles. The summed E-state index contributed by atoms with van der Waals surface area (Å²) in [5.41, 5.74) is 0. The Kier molecular flexibility index (Phi) is 4.79. The van der Waals surface area contributed by atoms with Gasteiger partial charge in [0.25, 0.3) is 0 Å². The van der Waals surface area contributed by atoms with E-state index in [1.807, 2.05) is 0 Å².